The molecule has 0 saturated heterocycles. The largest absolute Gasteiger partial charge is 0.391 e. The minimum atomic E-state index is -0.577. The number of aliphatic hydroxyl groups excluding tert-OH is 1. The molecular formula is C8H13N3O. The van der Waals surface area contributed by atoms with E-state index in [1.807, 2.05) is 0 Å². The molecule has 4 nitrogen and oxygen atoms in total. The van der Waals surface area contributed by atoms with Crippen LogP contribution in [0.15, 0.2) is 18.3 Å². The summed E-state index contributed by atoms with van der Waals surface area (Å²) in [5.74, 6) is 0.420. The summed E-state index contributed by atoms with van der Waals surface area (Å²) in [5.41, 5.74) is 11.9. The Labute approximate surface area is 71.2 Å². The Morgan fingerprint density at radius 1 is 1.58 bits per heavy atom. The second-order valence-electron chi connectivity index (χ2n) is 2.78. The first kappa shape index (κ1) is 8.96. The van der Waals surface area contributed by atoms with Crippen molar-refractivity contribution in [1.82, 2.24) is 4.98 Å². The Hall–Kier alpha value is -1.13. The van der Waals surface area contributed by atoms with Crippen molar-refractivity contribution in [2.45, 2.75) is 19.1 Å². The van der Waals surface area contributed by atoms with Crippen molar-refractivity contribution in [3.63, 3.8) is 0 Å². The van der Waals surface area contributed by atoms with Gasteiger partial charge in [0.25, 0.3) is 0 Å². The highest BCUT2D eigenvalue weighted by molar-refractivity contribution is 5.33. The Morgan fingerprint density at radius 2 is 2.25 bits per heavy atom. The lowest BCUT2D eigenvalue weighted by Crippen LogP contribution is -2.23. The standard InChI is InChI=1S/C8H13N3O/c1-5(12)8(10)6-2-3-11-7(9)4-6/h2-5,8,12H,10H2,1H3,(H2,9,11)/t5-,8-/m0/s1. The van der Waals surface area contributed by atoms with Crippen molar-refractivity contribution in [2.24, 2.45) is 5.73 Å². The topological polar surface area (TPSA) is 85.2 Å². The summed E-state index contributed by atoms with van der Waals surface area (Å²) in [5, 5.41) is 9.18. The van der Waals surface area contributed by atoms with E-state index in [9.17, 15) is 5.11 Å². The summed E-state index contributed by atoms with van der Waals surface area (Å²) in [7, 11) is 0. The molecule has 0 amide bonds. The highest BCUT2D eigenvalue weighted by Gasteiger charge is 2.11. The predicted octanol–water partition coefficient (Wildman–Crippen LogP) is 0.0444. The van der Waals surface area contributed by atoms with Crippen LogP contribution in [0.25, 0.3) is 0 Å². The zero-order chi connectivity index (χ0) is 9.14. The van der Waals surface area contributed by atoms with Crippen LogP contribution in [-0.2, 0) is 0 Å². The quantitative estimate of drug-likeness (QED) is 0.580. The minimum Gasteiger partial charge on any atom is -0.391 e. The molecule has 0 spiro atoms. The molecule has 0 bridgehead atoms. The molecule has 0 aromatic carbocycles. The van der Waals surface area contributed by atoms with Gasteiger partial charge in [-0.3, -0.25) is 0 Å². The van der Waals surface area contributed by atoms with Crippen molar-refractivity contribution in [1.29, 1.82) is 0 Å². The first-order chi connectivity index (χ1) is 5.61. The summed E-state index contributed by atoms with van der Waals surface area (Å²) in [4.78, 5) is 3.82. The number of nitrogen functional groups attached to an aromatic ring is 1. The Balaban J connectivity index is 2.88. The van der Waals surface area contributed by atoms with E-state index >= 15 is 0 Å². The van der Waals surface area contributed by atoms with Crippen LogP contribution in [0.1, 0.15) is 18.5 Å². The maximum Gasteiger partial charge on any atom is 0.123 e. The van der Waals surface area contributed by atoms with Gasteiger partial charge in [0.2, 0.25) is 0 Å². The molecule has 0 radical (unpaired) electrons. The summed E-state index contributed by atoms with van der Waals surface area (Å²) < 4.78 is 0. The fourth-order valence-electron chi connectivity index (χ4n) is 0.951. The Morgan fingerprint density at radius 3 is 2.75 bits per heavy atom. The monoisotopic (exact) mass is 167 g/mol. The summed E-state index contributed by atoms with van der Waals surface area (Å²) in [6.45, 7) is 1.64. The first-order valence-electron chi connectivity index (χ1n) is 3.76. The van der Waals surface area contributed by atoms with E-state index in [1.54, 1.807) is 25.3 Å². The molecule has 4 heteroatoms. The van der Waals surface area contributed by atoms with Crippen LogP contribution in [0.5, 0.6) is 0 Å². The average Bonchev–Trinajstić information content (AvgIpc) is 2.03. The van der Waals surface area contributed by atoms with Crippen molar-refractivity contribution in [3.8, 4) is 0 Å². The van der Waals surface area contributed by atoms with E-state index in [0.29, 0.717) is 5.82 Å². The van der Waals surface area contributed by atoms with Crippen LogP contribution in [0.4, 0.5) is 5.82 Å². The van der Waals surface area contributed by atoms with Crippen molar-refractivity contribution >= 4 is 5.82 Å². The van der Waals surface area contributed by atoms with Crippen LogP contribution in [-0.4, -0.2) is 16.2 Å². The predicted molar refractivity (Wildman–Crippen MR) is 47.3 cm³/mol. The molecule has 0 aliphatic heterocycles. The molecule has 5 N–H and O–H groups in total. The molecule has 0 aliphatic rings. The van der Waals surface area contributed by atoms with Crippen LogP contribution in [0.3, 0.4) is 0 Å². The number of nitrogens with two attached hydrogens (primary N) is 2. The maximum atomic E-state index is 9.18. The highest BCUT2D eigenvalue weighted by atomic mass is 16.3. The van der Waals surface area contributed by atoms with Gasteiger partial charge in [0.15, 0.2) is 0 Å². The zero-order valence-corrected chi connectivity index (χ0v) is 6.94. The van der Waals surface area contributed by atoms with Crippen LogP contribution in [0, 0.1) is 0 Å². The summed E-state index contributed by atoms with van der Waals surface area (Å²) in [6, 6.07) is 3.01. The van der Waals surface area contributed by atoms with Crippen LogP contribution in [0.2, 0.25) is 0 Å². The number of aromatic nitrogens is 1. The van der Waals surface area contributed by atoms with E-state index in [4.69, 9.17) is 11.5 Å². The maximum absolute atomic E-state index is 9.18. The number of hydrogen-bond donors (Lipinski definition) is 3. The molecular weight excluding hydrogens is 154 g/mol. The zero-order valence-electron chi connectivity index (χ0n) is 6.94. The van der Waals surface area contributed by atoms with Crippen molar-refractivity contribution < 1.29 is 5.11 Å². The van der Waals surface area contributed by atoms with Gasteiger partial charge in [-0.05, 0) is 24.6 Å². The molecule has 1 heterocycles. The van der Waals surface area contributed by atoms with Gasteiger partial charge in [-0.15, -0.1) is 0 Å². The van der Waals surface area contributed by atoms with Gasteiger partial charge < -0.3 is 16.6 Å². The number of pyridine rings is 1. The fraction of sp³-hybridized carbons (Fsp3) is 0.375. The number of rotatable bonds is 2. The second-order valence-corrected chi connectivity index (χ2v) is 2.78. The first-order valence-corrected chi connectivity index (χ1v) is 3.76. The molecule has 0 saturated carbocycles. The van der Waals surface area contributed by atoms with Gasteiger partial charge in [0.05, 0.1) is 12.1 Å². The molecule has 12 heavy (non-hydrogen) atoms. The Kier molecular flexibility index (Phi) is 2.62. The van der Waals surface area contributed by atoms with Crippen LogP contribution >= 0.6 is 0 Å². The third-order valence-corrected chi connectivity index (χ3v) is 1.71. The number of nitrogens with zero attached hydrogens (tertiary/aromatic N) is 1. The normalized spacial score (nSPS) is 15.6. The van der Waals surface area contributed by atoms with Gasteiger partial charge in [-0.25, -0.2) is 4.98 Å². The smallest absolute Gasteiger partial charge is 0.123 e. The van der Waals surface area contributed by atoms with Gasteiger partial charge in [-0.1, -0.05) is 0 Å². The lowest BCUT2D eigenvalue weighted by atomic mass is 10.1. The van der Waals surface area contributed by atoms with Gasteiger partial charge in [-0.2, -0.15) is 0 Å². The molecule has 1 aromatic rings. The molecule has 2 atom stereocenters. The SMILES string of the molecule is C[C@H](O)[C@H](N)c1ccnc(N)c1. The average molecular weight is 167 g/mol. The van der Waals surface area contributed by atoms with E-state index in [0.717, 1.165) is 5.56 Å². The van der Waals surface area contributed by atoms with Gasteiger partial charge in [0, 0.05) is 6.20 Å². The molecule has 1 aromatic heterocycles. The van der Waals surface area contributed by atoms with E-state index < -0.39 is 12.1 Å². The molecule has 66 valence electrons. The minimum absolute atomic E-state index is 0.393. The lowest BCUT2D eigenvalue weighted by molar-refractivity contribution is 0.164. The lowest BCUT2D eigenvalue weighted by Gasteiger charge is -2.14. The van der Waals surface area contributed by atoms with E-state index in [1.165, 1.54) is 0 Å². The van der Waals surface area contributed by atoms with Crippen molar-refractivity contribution in [2.75, 3.05) is 5.73 Å². The second kappa shape index (κ2) is 3.51. The number of aliphatic hydroxyl groups is 1. The molecule has 0 unspecified atom stereocenters. The van der Waals surface area contributed by atoms with E-state index in [2.05, 4.69) is 4.98 Å². The van der Waals surface area contributed by atoms with Gasteiger partial charge in [0.1, 0.15) is 5.82 Å². The number of anilines is 1. The summed E-state index contributed by atoms with van der Waals surface area (Å²) in [6.07, 6.45) is 0.999. The van der Waals surface area contributed by atoms with E-state index in [-0.39, 0.29) is 0 Å². The summed E-state index contributed by atoms with van der Waals surface area (Å²) >= 11 is 0. The van der Waals surface area contributed by atoms with Gasteiger partial charge >= 0.3 is 0 Å². The third-order valence-electron chi connectivity index (χ3n) is 1.71. The molecule has 1 rings (SSSR count). The Bertz CT molecular complexity index is 262. The highest BCUT2D eigenvalue weighted by Crippen LogP contribution is 2.14. The van der Waals surface area contributed by atoms with Crippen LogP contribution < -0.4 is 11.5 Å². The fourth-order valence-corrected chi connectivity index (χ4v) is 0.951. The third kappa shape index (κ3) is 1.93. The molecule has 0 fully saturated rings. The molecule has 0 aliphatic carbocycles. The number of hydrogen-bond acceptors (Lipinski definition) is 4. The van der Waals surface area contributed by atoms with Crippen molar-refractivity contribution in [3.05, 3.63) is 23.9 Å².